The Balaban J connectivity index is 2.83. The second-order valence-corrected chi connectivity index (χ2v) is 3.41. The predicted molar refractivity (Wildman–Crippen MR) is 55.6 cm³/mol. The fourth-order valence-electron chi connectivity index (χ4n) is 1.32. The van der Waals surface area contributed by atoms with Gasteiger partial charge in [-0.3, -0.25) is 0 Å². The van der Waals surface area contributed by atoms with E-state index < -0.39 is 0 Å². The summed E-state index contributed by atoms with van der Waals surface area (Å²) in [6.45, 7) is 3.95. The fraction of sp³-hybridized carbons (Fsp3) is 0.455. The van der Waals surface area contributed by atoms with Crippen LogP contribution in [0.25, 0.3) is 0 Å². The molecule has 3 N–H and O–H groups in total. The summed E-state index contributed by atoms with van der Waals surface area (Å²) in [5.41, 5.74) is 8.82. The molecule has 0 fully saturated rings. The van der Waals surface area contributed by atoms with Gasteiger partial charge in [-0.05, 0) is 24.5 Å². The Morgan fingerprint density at radius 2 is 2.15 bits per heavy atom. The number of hydrogen-bond donors (Lipinski definition) is 2. The van der Waals surface area contributed by atoms with Crippen molar-refractivity contribution in [3.05, 3.63) is 29.3 Å². The van der Waals surface area contributed by atoms with Gasteiger partial charge in [-0.25, -0.2) is 0 Å². The van der Waals surface area contributed by atoms with E-state index in [9.17, 15) is 5.11 Å². The van der Waals surface area contributed by atoms with E-state index in [4.69, 9.17) is 5.73 Å². The van der Waals surface area contributed by atoms with Gasteiger partial charge in [0, 0.05) is 12.1 Å². The number of anilines is 1. The molecule has 1 atom stereocenters. The molecule has 72 valence electrons. The molecule has 0 aromatic heterocycles. The van der Waals surface area contributed by atoms with E-state index in [1.165, 1.54) is 0 Å². The number of rotatable bonds is 3. The Morgan fingerprint density at radius 3 is 2.77 bits per heavy atom. The summed E-state index contributed by atoms with van der Waals surface area (Å²) in [7, 11) is 0. The maximum absolute atomic E-state index is 9.47. The minimum atomic E-state index is -0.274. The van der Waals surface area contributed by atoms with Crippen LogP contribution in [0.3, 0.4) is 0 Å². The first-order chi connectivity index (χ1) is 6.15. The van der Waals surface area contributed by atoms with Crippen molar-refractivity contribution in [1.29, 1.82) is 0 Å². The van der Waals surface area contributed by atoms with Gasteiger partial charge in [-0.15, -0.1) is 0 Å². The summed E-state index contributed by atoms with van der Waals surface area (Å²) in [6, 6.07) is 5.93. The Bertz CT molecular complexity index is 283. The quantitative estimate of drug-likeness (QED) is 0.696. The second kappa shape index (κ2) is 4.28. The van der Waals surface area contributed by atoms with E-state index in [2.05, 4.69) is 0 Å². The Kier molecular flexibility index (Phi) is 3.32. The van der Waals surface area contributed by atoms with Gasteiger partial charge < -0.3 is 10.8 Å². The molecule has 0 saturated heterocycles. The first-order valence-corrected chi connectivity index (χ1v) is 4.67. The highest BCUT2D eigenvalue weighted by Crippen LogP contribution is 2.18. The number of aryl methyl sites for hydroxylation is 1. The lowest BCUT2D eigenvalue weighted by Gasteiger charge is -2.11. The monoisotopic (exact) mass is 179 g/mol. The summed E-state index contributed by atoms with van der Waals surface area (Å²) in [5, 5.41) is 9.47. The molecule has 1 aromatic carbocycles. The Hall–Kier alpha value is -1.02. The minimum absolute atomic E-state index is 0.274. The number of nitrogen functional groups attached to an aromatic ring is 1. The normalized spacial score (nSPS) is 12.8. The van der Waals surface area contributed by atoms with E-state index in [1.807, 2.05) is 32.0 Å². The molecule has 0 aliphatic heterocycles. The second-order valence-electron chi connectivity index (χ2n) is 3.41. The number of benzene rings is 1. The van der Waals surface area contributed by atoms with Crippen molar-refractivity contribution in [2.75, 3.05) is 5.73 Å². The predicted octanol–water partition coefficient (Wildman–Crippen LogP) is 1.89. The number of aliphatic hydroxyl groups excluding tert-OH is 1. The van der Waals surface area contributed by atoms with Gasteiger partial charge in [0.2, 0.25) is 0 Å². The average molecular weight is 179 g/mol. The standard InChI is InChI=1S/C11H17NO/c1-3-10(13)7-9-6-4-5-8(2)11(9)12/h4-6,10,13H,3,7,12H2,1-2H3. The van der Waals surface area contributed by atoms with Gasteiger partial charge in [0.05, 0.1) is 6.10 Å². The molecule has 13 heavy (non-hydrogen) atoms. The van der Waals surface area contributed by atoms with Crippen molar-refractivity contribution >= 4 is 5.69 Å². The van der Waals surface area contributed by atoms with Gasteiger partial charge in [0.15, 0.2) is 0 Å². The van der Waals surface area contributed by atoms with Crippen LogP contribution >= 0.6 is 0 Å². The zero-order valence-corrected chi connectivity index (χ0v) is 8.25. The molecular weight excluding hydrogens is 162 g/mol. The lowest BCUT2D eigenvalue weighted by atomic mass is 10.0. The number of hydrogen-bond acceptors (Lipinski definition) is 2. The van der Waals surface area contributed by atoms with Crippen LogP contribution in [0.4, 0.5) is 5.69 Å². The molecule has 0 spiro atoms. The van der Waals surface area contributed by atoms with E-state index in [0.717, 1.165) is 23.2 Å². The zero-order chi connectivity index (χ0) is 9.84. The first-order valence-electron chi connectivity index (χ1n) is 4.67. The Morgan fingerprint density at radius 1 is 1.46 bits per heavy atom. The highest BCUT2D eigenvalue weighted by Gasteiger charge is 2.06. The van der Waals surface area contributed by atoms with Crippen molar-refractivity contribution < 1.29 is 5.11 Å². The van der Waals surface area contributed by atoms with Gasteiger partial charge in [-0.1, -0.05) is 25.1 Å². The summed E-state index contributed by atoms with van der Waals surface area (Å²) in [6.07, 6.45) is 1.15. The molecule has 0 heterocycles. The van der Waals surface area contributed by atoms with Crippen molar-refractivity contribution in [2.45, 2.75) is 32.8 Å². The van der Waals surface area contributed by atoms with Gasteiger partial charge in [-0.2, -0.15) is 0 Å². The van der Waals surface area contributed by atoms with Crippen LogP contribution in [0.1, 0.15) is 24.5 Å². The molecule has 0 aliphatic rings. The highest BCUT2D eigenvalue weighted by atomic mass is 16.3. The van der Waals surface area contributed by atoms with Crippen molar-refractivity contribution in [1.82, 2.24) is 0 Å². The summed E-state index contributed by atoms with van der Waals surface area (Å²) < 4.78 is 0. The van der Waals surface area contributed by atoms with Crippen LogP contribution < -0.4 is 5.73 Å². The molecular formula is C11H17NO. The summed E-state index contributed by atoms with van der Waals surface area (Å²) in [4.78, 5) is 0. The van der Waals surface area contributed by atoms with E-state index in [0.29, 0.717) is 6.42 Å². The van der Waals surface area contributed by atoms with Crippen molar-refractivity contribution in [2.24, 2.45) is 0 Å². The topological polar surface area (TPSA) is 46.2 Å². The van der Waals surface area contributed by atoms with Crippen LogP contribution in [0.2, 0.25) is 0 Å². The van der Waals surface area contributed by atoms with Gasteiger partial charge in [0.25, 0.3) is 0 Å². The highest BCUT2D eigenvalue weighted by molar-refractivity contribution is 5.53. The van der Waals surface area contributed by atoms with Crippen molar-refractivity contribution in [3.8, 4) is 0 Å². The third kappa shape index (κ3) is 2.46. The van der Waals surface area contributed by atoms with Crippen LogP contribution in [-0.2, 0) is 6.42 Å². The lowest BCUT2D eigenvalue weighted by Crippen LogP contribution is -2.10. The molecule has 0 bridgehead atoms. The van der Waals surface area contributed by atoms with Crippen LogP contribution in [0.15, 0.2) is 18.2 Å². The maximum atomic E-state index is 9.47. The molecule has 1 aromatic rings. The average Bonchev–Trinajstić information content (AvgIpc) is 2.13. The SMILES string of the molecule is CCC(O)Cc1cccc(C)c1N. The van der Waals surface area contributed by atoms with Gasteiger partial charge in [0.1, 0.15) is 0 Å². The van der Waals surface area contributed by atoms with E-state index in [-0.39, 0.29) is 6.10 Å². The summed E-state index contributed by atoms with van der Waals surface area (Å²) >= 11 is 0. The van der Waals surface area contributed by atoms with Crippen molar-refractivity contribution in [3.63, 3.8) is 0 Å². The maximum Gasteiger partial charge on any atom is 0.0578 e. The molecule has 1 rings (SSSR count). The van der Waals surface area contributed by atoms with E-state index in [1.54, 1.807) is 0 Å². The molecule has 0 aliphatic carbocycles. The van der Waals surface area contributed by atoms with Crippen LogP contribution in [-0.4, -0.2) is 11.2 Å². The van der Waals surface area contributed by atoms with Crippen LogP contribution in [0.5, 0.6) is 0 Å². The first kappa shape index (κ1) is 10.1. The summed E-state index contributed by atoms with van der Waals surface area (Å²) in [5.74, 6) is 0. The lowest BCUT2D eigenvalue weighted by molar-refractivity contribution is 0.171. The largest absolute Gasteiger partial charge is 0.398 e. The third-order valence-electron chi connectivity index (χ3n) is 2.34. The number of nitrogens with two attached hydrogens (primary N) is 1. The van der Waals surface area contributed by atoms with Gasteiger partial charge >= 0.3 is 0 Å². The minimum Gasteiger partial charge on any atom is -0.398 e. The van der Waals surface area contributed by atoms with Crippen LogP contribution in [0, 0.1) is 6.92 Å². The van der Waals surface area contributed by atoms with E-state index >= 15 is 0 Å². The molecule has 0 saturated carbocycles. The molecule has 2 nitrogen and oxygen atoms in total. The molecule has 2 heteroatoms. The molecule has 1 unspecified atom stereocenters. The molecule has 0 radical (unpaired) electrons. The fourth-order valence-corrected chi connectivity index (χ4v) is 1.32. The zero-order valence-electron chi connectivity index (χ0n) is 8.25. The Labute approximate surface area is 79.4 Å². The number of para-hydroxylation sites is 1. The number of aliphatic hydroxyl groups is 1. The third-order valence-corrected chi connectivity index (χ3v) is 2.34. The smallest absolute Gasteiger partial charge is 0.0578 e. The molecule has 0 amide bonds.